The Balaban J connectivity index is 1.69. The minimum Gasteiger partial charge on any atom is -0.296 e. The Morgan fingerprint density at radius 1 is 0.852 bits per heavy atom. The topological polar surface area (TPSA) is 40.6 Å². The van der Waals surface area contributed by atoms with E-state index in [1.165, 1.54) is 0 Å². The van der Waals surface area contributed by atoms with Crippen LogP contribution in [-0.4, -0.2) is 43.8 Å². The standard InChI is InChI=1S/C19H21Cl3N2O2S/c1-13-10-19(14(2)9-17(13)21)27(25,26)24-7-5-23(6-8-24)12-15-3-4-16(20)18(22)11-15/h3-4,9-11H,5-8,12H2,1-2H3. The first kappa shape index (κ1) is 20.9. The van der Waals surface area contributed by atoms with Crippen LogP contribution in [0, 0.1) is 13.8 Å². The van der Waals surface area contributed by atoms with Crippen molar-refractivity contribution in [3.05, 3.63) is 62.1 Å². The van der Waals surface area contributed by atoms with Crippen LogP contribution >= 0.6 is 34.8 Å². The van der Waals surface area contributed by atoms with Gasteiger partial charge in [0.2, 0.25) is 10.0 Å². The molecule has 2 aromatic carbocycles. The number of nitrogens with zero attached hydrogens (tertiary/aromatic N) is 2. The van der Waals surface area contributed by atoms with Crippen LogP contribution in [0.1, 0.15) is 16.7 Å². The molecule has 0 aromatic heterocycles. The number of halogens is 3. The second-order valence-corrected chi connectivity index (χ2v) is 9.92. The zero-order valence-electron chi connectivity index (χ0n) is 15.2. The zero-order valence-corrected chi connectivity index (χ0v) is 18.3. The van der Waals surface area contributed by atoms with Gasteiger partial charge >= 0.3 is 0 Å². The van der Waals surface area contributed by atoms with Crippen molar-refractivity contribution in [1.29, 1.82) is 0 Å². The van der Waals surface area contributed by atoms with Crippen LogP contribution < -0.4 is 0 Å². The van der Waals surface area contributed by atoms with Gasteiger partial charge in [-0.2, -0.15) is 4.31 Å². The summed E-state index contributed by atoms with van der Waals surface area (Å²) < 4.78 is 27.7. The fourth-order valence-electron chi connectivity index (χ4n) is 3.20. The van der Waals surface area contributed by atoms with Gasteiger partial charge < -0.3 is 0 Å². The van der Waals surface area contributed by atoms with E-state index in [0.29, 0.717) is 58.3 Å². The van der Waals surface area contributed by atoms with Crippen molar-refractivity contribution < 1.29 is 8.42 Å². The molecule has 8 heteroatoms. The van der Waals surface area contributed by atoms with Gasteiger partial charge in [0.15, 0.2) is 0 Å². The molecule has 0 spiro atoms. The van der Waals surface area contributed by atoms with Crippen molar-refractivity contribution >= 4 is 44.8 Å². The smallest absolute Gasteiger partial charge is 0.243 e. The van der Waals surface area contributed by atoms with E-state index in [4.69, 9.17) is 34.8 Å². The minimum absolute atomic E-state index is 0.335. The summed E-state index contributed by atoms with van der Waals surface area (Å²) in [6.07, 6.45) is 0. The van der Waals surface area contributed by atoms with Crippen LogP contribution in [0.15, 0.2) is 35.2 Å². The third-order valence-electron chi connectivity index (χ3n) is 4.80. The van der Waals surface area contributed by atoms with Gasteiger partial charge in [-0.3, -0.25) is 4.90 Å². The summed E-state index contributed by atoms with van der Waals surface area (Å²) in [5, 5.41) is 1.65. The van der Waals surface area contributed by atoms with E-state index in [1.807, 2.05) is 19.1 Å². The molecule has 0 amide bonds. The Labute approximate surface area is 175 Å². The van der Waals surface area contributed by atoms with Gasteiger partial charge in [0, 0.05) is 37.7 Å². The molecule has 27 heavy (non-hydrogen) atoms. The number of hydrogen-bond donors (Lipinski definition) is 0. The highest BCUT2D eigenvalue weighted by Gasteiger charge is 2.30. The molecule has 0 bridgehead atoms. The highest BCUT2D eigenvalue weighted by atomic mass is 35.5. The van der Waals surface area contributed by atoms with Crippen LogP contribution in [0.25, 0.3) is 0 Å². The van der Waals surface area contributed by atoms with Crippen LogP contribution in [0.4, 0.5) is 0 Å². The lowest BCUT2D eigenvalue weighted by Crippen LogP contribution is -2.48. The van der Waals surface area contributed by atoms with E-state index in [2.05, 4.69) is 4.90 Å². The number of rotatable bonds is 4. The van der Waals surface area contributed by atoms with Gasteiger partial charge in [0.05, 0.1) is 14.9 Å². The van der Waals surface area contributed by atoms with Crippen molar-refractivity contribution in [2.24, 2.45) is 0 Å². The summed E-state index contributed by atoms with van der Waals surface area (Å²) in [5.74, 6) is 0. The predicted molar refractivity (Wildman–Crippen MR) is 111 cm³/mol. The van der Waals surface area contributed by atoms with Crippen molar-refractivity contribution in [2.45, 2.75) is 25.3 Å². The summed E-state index contributed by atoms with van der Waals surface area (Å²) in [5.41, 5.74) is 2.49. The van der Waals surface area contributed by atoms with Crippen molar-refractivity contribution in [1.82, 2.24) is 9.21 Å². The van der Waals surface area contributed by atoms with E-state index in [0.717, 1.165) is 11.1 Å². The molecule has 3 rings (SSSR count). The normalized spacial score (nSPS) is 16.6. The molecular formula is C19H21Cl3N2O2S. The van der Waals surface area contributed by atoms with Gasteiger partial charge in [-0.15, -0.1) is 0 Å². The molecular weight excluding hydrogens is 427 g/mol. The fraction of sp³-hybridized carbons (Fsp3) is 0.368. The van der Waals surface area contributed by atoms with Gasteiger partial charge in [-0.25, -0.2) is 8.42 Å². The zero-order chi connectivity index (χ0) is 19.8. The molecule has 2 aromatic rings. The number of benzene rings is 2. The molecule has 146 valence electrons. The van der Waals surface area contributed by atoms with Gasteiger partial charge in [-0.05, 0) is 54.8 Å². The Bertz CT molecular complexity index is 956. The molecule has 0 aliphatic carbocycles. The van der Waals surface area contributed by atoms with Gasteiger partial charge in [0.1, 0.15) is 0 Å². The first-order chi connectivity index (χ1) is 12.7. The van der Waals surface area contributed by atoms with Crippen LogP contribution in [0.2, 0.25) is 15.1 Å². The Morgan fingerprint density at radius 2 is 1.52 bits per heavy atom. The molecule has 1 heterocycles. The molecule has 1 aliphatic heterocycles. The molecule has 1 fully saturated rings. The largest absolute Gasteiger partial charge is 0.296 e. The Kier molecular flexibility index (Phi) is 6.41. The van der Waals surface area contributed by atoms with Crippen molar-refractivity contribution in [3.8, 4) is 0 Å². The maximum absolute atomic E-state index is 13.1. The third-order valence-corrected chi connectivity index (χ3v) is 7.98. The summed E-state index contributed by atoms with van der Waals surface area (Å²) in [6, 6.07) is 8.95. The first-order valence-electron chi connectivity index (χ1n) is 8.61. The number of hydrogen-bond acceptors (Lipinski definition) is 3. The van der Waals surface area contributed by atoms with E-state index >= 15 is 0 Å². The SMILES string of the molecule is Cc1cc(S(=O)(=O)N2CCN(Cc3ccc(Cl)c(Cl)c3)CC2)c(C)cc1Cl. The van der Waals surface area contributed by atoms with Crippen LogP contribution in [0.5, 0.6) is 0 Å². The predicted octanol–water partition coefficient (Wildman–Crippen LogP) is 4.77. The summed E-state index contributed by atoms with van der Waals surface area (Å²) >= 11 is 18.1. The lowest BCUT2D eigenvalue weighted by atomic mass is 10.2. The highest BCUT2D eigenvalue weighted by molar-refractivity contribution is 7.89. The number of piperazine rings is 1. The summed E-state index contributed by atoms with van der Waals surface area (Å²) in [4.78, 5) is 2.55. The maximum atomic E-state index is 13.1. The average Bonchev–Trinajstić information content (AvgIpc) is 2.61. The molecule has 0 atom stereocenters. The molecule has 1 saturated heterocycles. The first-order valence-corrected chi connectivity index (χ1v) is 11.2. The minimum atomic E-state index is -3.53. The fourth-order valence-corrected chi connectivity index (χ4v) is 5.45. The van der Waals surface area contributed by atoms with E-state index < -0.39 is 10.0 Å². The molecule has 1 aliphatic rings. The second-order valence-electron chi connectivity index (χ2n) is 6.80. The van der Waals surface area contributed by atoms with Crippen molar-refractivity contribution in [2.75, 3.05) is 26.2 Å². The third kappa shape index (κ3) is 4.61. The monoisotopic (exact) mass is 446 g/mol. The lowest BCUT2D eigenvalue weighted by molar-refractivity contribution is 0.181. The molecule has 0 N–H and O–H groups in total. The van der Waals surface area contributed by atoms with E-state index in [1.54, 1.807) is 29.4 Å². The Hall–Kier alpha value is -0.820. The average molecular weight is 448 g/mol. The Morgan fingerprint density at radius 3 is 2.15 bits per heavy atom. The number of aryl methyl sites for hydroxylation is 2. The van der Waals surface area contributed by atoms with Gasteiger partial charge in [-0.1, -0.05) is 40.9 Å². The summed E-state index contributed by atoms with van der Waals surface area (Å²) in [7, 11) is -3.53. The highest BCUT2D eigenvalue weighted by Crippen LogP contribution is 2.27. The number of sulfonamides is 1. The lowest BCUT2D eigenvalue weighted by Gasteiger charge is -2.34. The van der Waals surface area contributed by atoms with Crippen LogP contribution in [0.3, 0.4) is 0 Å². The quantitative estimate of drug-likeness (QED) is 0.678. The van der Waals surface area contributed by atoms with Crippen LogP contribution in [-0.2, 0) is 16.6 Å². The van der Waals surface area contributed by atoms with E-state index in [9.17, 15) is 8.42 Å². The molecule has 0 radical (unpaired) electrons. The van der Waals surface area contributed by atoms with Gasteiger partial charge in [0.25, 0.3) is 0 Å². The molecule has 0 unspecified atom stereocenters. The maximum Gasteiger partial charge on any atom is 0.243 e. The molecule has 4 nitrogen and oxygen atoms in total. The second kappa shape index (κ2) is 8.27. The van der Waals surface area contributed by atoms with Crippen molar-refractivity contribution in [3.63, 3.8) is 0 Å². The molecule has 0 saturated carbocycles. The summed E-state index contributed by atoms with van der Waals surface area (Å²) in [6.45, 7) is 6.52. The van der Waals surface area contributed by atoms with E-state index in [-0.39, 0.29) is 0 Å².